The maximum atomic E-state index is 13.9. The summed E-state index contributed by atoms with van der Waals surface area (Å²) in [7, 11) is 0. The van der Waals surface area contributed by atoms with E-state index < -0.39 is 0 Å². The molecule has 108 valence electrons. The number of aryl methyl sites for hydroxylation is 1. The van der Waals surface area contributed by atoms with Crippen LogP contribution in [0, 0.1) is 15.3 Å². The third kappa shape index (κ3) is 2.45. The molecule has 2 nitrogen and oxygen atoms in total. The van der Waals surface area contributed by atoms with E-state index in [2.05, 4.69) is 16.5 Å². The molecule has 1 heterocycles. The van der Waals surface area contributed by atoms with Crippen LogP contribution in [0.5, 0.6) is 0 Å². The van der Waals surface area contributed by atoms with Crippen molar-refractivity contribution in [3.63, 3.8) is 0 Å². The summed E-state index contributed by atoms with van der Waals surface area (Å²) in [4.78, 5) is 4.67. The van der Waals surface area contributed by atoms with Gasteiger partial charge in [-0.05, 0) is 54.3 Å². The largest absolute Gasteiger partial charge is 0.325 e. The van der Waals surface area contributed by atoms with Crippen molar-refractivity contribution in [2.24, 2.45) is 5.92 Å². The Kier molecular flexibility index (Phi) is 4.22. The van der Waals surface area contributed by atoms with Gasteiger partial charge in [-0.3, -0.25) is 0 Å². The minimum atomic E-state index is -0.169. The van der Waals surface area contributed by atoms with Crippen LogP contribution in [0.4, 0.5) is 4.39 Å². The van der Waals surface area contributed by atoms with Gasteiger partial charge in [0, 0.05) is 24.4 Å². The zero-order valence-electron chi connectivity index (χ0n) is 11.4. The van der Waals surface area contributed by atoms with Crippen LogP contribution < -0.4 is 0 Å². The molecule has 1 aromatic heterocycles. The molecule has 1 aliphatic rings. The SMILES string of the molecule is CC(C1CCC1)n1c(CCCl)nc2cc(I)c(F)cc21. The van der Waals surface area contributed by atoms with E-state index in [4.69, 9.17) is 11.6 Å². The van der Waals surface area contributed by atoms with Gasteiger partial charge in [0.15, 0.2) is 0 Å². The molecule has 1 saturated carbocycles. The Labute approximate surface area is 136 Å². The number of nitrogens with zero attached hydrogens (tertiary/aromatic N) is 2. The summed E-state index contributed by atoms with van der Waals surface area (Å²) >= 11 is 7.92. The van der Waals surface area contributed by atoms with Gasteiger partial charge in [-0.15, -0.1) is 11.6 Å². The van der Waals surface area contributed by atoms with E-state index in [-0.39, 0.29) is 5.82 Å². The smallest absolute Gasteiger partial charge is 0.138 e. The van der Waals surface area contributed by atoms with Gasteiger partial charge in [0.05, 0.1) is 14.6 Å². The number of aromatic nitrogens is 2. The molecule has 0 radical (unpaired) electrons. The quantitative estimate of drug-likeness (QED) is 0.520. The lowest BCUT2D eigenvalue weighted by atomic mass is 9.80. The zero-order valence-corrected chi connectivity index (χ0v) is 14.3. The maximum Gasteiger partial charge on any atom is 0.138 e. The van der Waals surface area contributed by atoms with Crippen LogP contribution in [0.3, 0.4) is 0 Å². The van der Waals surface area contributed by atoms with Crippen molar-refractivity contribution in [3.05, 3.63) is 27.3 Å². The van der Waals surface area contributed by atoms with Gasteiger partial charge in [-0.25, -0.2) is 9.37 Å². The summed E-state index contributed by atoms with van der Waals surface area (Å²) < 4.78 is 16.7. The summed E-state index contributed by atoms with van der Waals surface area (Å²) in [6, 6.07) is 3.82. The molecular weight excluding hydrogens is 390 g/mol. The molecule has 0 spiro atoms. The molecule has 1 atom stereocenters. The Morgan fingerprint density at radius 3 is 2.85 bits per heavy atom. The second-order valence-corrected chi connectivity index (χ2v) is 7.06. The Morgan fingerprint density at radius 1 is 1.50 bits per heavy atom. The van der Waals surface area contributed by atoms with Crippen molar-refractivity contribution in [2.45, 2.75) is 38.6 Å². The van der Waals surface area contributed by atoms with Gasteiger partial charge in [-0.2, -0.15) is 0 Å². The molecule has 1 fully saturated rings. The van der Waals surface area contributed by atoms with Crippen LogP contribution in [0.2, 0.25) is 0 Å². The molecule has 0 saturated heterocycles. The molecule has 1 unspecified atom stereocenters. The molecule has 0 aliphatic heterocycles. The minimum Gasteiger partial charge on any atom is -0.325 e. The highest BCUT2D eigenvalue weighted by molar-refractivity contribution is 14.1. The molecule has 2 aromatic rings. The molecule has 1 aromatic carbocycles. The topological polar surface area (TPSA) is 17.8 Å². The molecule has 0 bridgehead atoms. The first-order chi connectivity index (χ1) is 9.61. The lowest BCUT2D eigenvalue weighted by Crippen LogP contribution is -2.24. The molecule has 1 aliphatic carbocycles. The summed E-state index contributed by atoms with van der Waals surface area (Å²) in [6.45, 7) is 2.22. The first-order valence-corrected chi connectivity index (χ1v) is 8.65. The van der Waals surface area contributed by atoms with E-state index in [1.165, 1.54) is 19.3 Å². The number of rotatable bonds is 4. The lowest BCUT2D eigenvalue weighted by Gasteiger charge is -2.33. The van der Waals surface area contributed by atoms with E-state index in [1.54, 1.807) is 6.07 Å². The zero-order chi connectivity index (χ0) is 14.3. The summed E-state index contributed by atoms with van der Waals surface area (Å²) in [5, 5.41) is 0. The third-order valence-corrected chi connectivity index (χ3v) is 5.38. The van der Waals surface area contributed by atoms with Gasteiger partial charge < -0.3 is 4.57 Å². The fourth-order valence-electron chi connectivity index (χ4n) is 2.99. The number of hydrogen-bond acceptors (Lipinski definition) is 1. The fraction of sp³-hybridized carbons (Fsp3) is 0.533. The van der Waals surface area contributed by atoms with E-state index >= 15 is 0 Å². The molecule has 5 heteroatoms. The van der Waals surface area contributed by atoms with Gasteiger partial charge >= 0.3 is 0 Å². The maximum absolute atomic E-state index is 13.9. The predicted molar refractivity (Wildman–Crippen MR) is 88.9 cm³/mol. The van der Waals surface area contributed by atoms with Crippen LogP contribution in [0.1, 0.15) is 38.1 Å². The third-order valence-electron chi connectivity index (χ3n) is 4.36. The van der Waals surface area contributed by atoms with Gasteiger partial charge in [-0.1, -0.05) is 6.42 Å². The highest BCUT2D eigenvalue weighted by atomic mass is 127. The van der Waals surface area contributed by atoms with Crippen molar-refractivity contribution in [3.8, 4) is 0 Å². The molecule has 0 N–H and O–H groups in total. The Morgan fingerprint density at radius 2 is 2.25 bits per heavy atom. The lowest BCUT2D eigenvalue weighted by molar-refractivity contribution is 0.223. The molecule has 0 amide bonds. The van der Waals surface area contributed by atoms with Crippen molar-refractivity contribution < 1.29 is 4.39 Å². The number of benzene rings is 1. The van der Waals surface area contributed by atoms with Gasteiger partial charge in [0.1, 0.15) is 11.6 Å². The van der Waals surface area contributed by atoms with E-state index in [1.807, 2.05) is 28.7 Å². The van der Waals surface area contributed by atoms with Crippen LogP contribution in [-0.2, 0) is 6.42 Å². The number of halogens is 3. The normalized spacial score (nSPS) is 17.4. The average Bonchev–Trinajstić information content (AvgIpc) is 2.65. The Hall–Kier alpha value is -0.360. The predicted octanol–water partition coefficient (Wildman–Crippen LogP) is 4.92. The molecule has 20 heavy (non-hydrogen) atoms. The summed E-state index contributed by atoms with van der Waals surface area (Å²) in [5.41, 5.74) is 1.78. The monoisotopic (exact) mass is 406 g/mol. The van der Waals surface area contributed by atoms with E-state index in [0.717, 1.165) is 23.3 Å². The van der Waals surface area contributed by atoms with Crippen LogP contribution in [0.15, 0.2) is 12.1 Å². The Bertz CT molecular complexity index is 636. The standard InChI is InChI=1S/C15H17ClFIN2/c1-9(10-3-2-4-10)20-14-7-11(17)12(18)8-13(14)19-15(20)5-6-16/h7-10H,2-6H2,1H3. The van der Waals surface area contributed by atoms with E-state index in [0.29, 0.717) is 21.4 Å². The summed E-state index contributed by atoms with van der Waals surface area (Å²) in [5.74, 6) is 2.04. The van der Waals surface area contributed by atoms with Crippen LogP contribution in [0.25, 0.3) is 11.0 Å². The molecular formula is C15H17ClFIN2. The van der Waals surface area contributed by atoms with Crippen molar-refractivity contribution in [1.29, 1.82) is 0 Å². The minimum absolute atomic E-state index is 0.169. The highest BCUT2D eigenvalue weighted by Gasteiger charge is 2.28. The van der Waals surface area contributed by atoms with Gasteiger partial charge in [0.2, 0.25) is 0 Å². The van der Waals surface area contributed by atoms with Crippen molar-refractivity contribution in [1.82, 2.24) is 9.55 Å². The second kappa shape index (κ2) is 5.79. The van der Waals surface area contributed by atoms with Crippen molar-refractivity contribution >= 4 is 45.2 Å². The average molecular weight is 407 g/mol. The Balaban J connectivity index is 2.14. The first kappa shape index (κ1) is 14.6. The highest BCUT2D eigenvalue weighted by Crippen LogP contribution is 2.38. The fourth-order valence-corrected chi connectivity index (χ4v) is 3.61. The van der Waals surface area contributed by atoms with Crippen molar-refractivity contribution in [2.75, 3.05) is 5.88 Å². The number of alkyl halides is 1. The van der Waals surface area contributed by atoms with E-state index in [9.17, 15) is 4.39 Å². The number of imidazole rings is 1. The van der Waals surface area contributed by atoms with Crippen LogP contribution in [-0.4, -0.2) is 15.4 Å². The first-order valence-electron chi connectivity index (χ1n) is 7.03. The summed E-state index contributed by atoms with van der Waals surface area (Å²) in [6.07, 6.45) is 4.55. The van der Waals surface area contributed by atoms with Crippen LogP contribution >= 0.6 is 34.2 Å². The number of hydrogen-bond donors (Lipinski definition) is 0. The van der Waals surface area contributed by atoms with Gasteiger partial charge in [0.25, 0.3) is 0 Å². The molecule has 3 rings (SSSR count). The number of fused-ring (bicyclic) bond motifs is 1. The second-order valence-electron chi connectivity index (χ2n) is 5.52.